The van der Waals surface area contributed by atoms with Gasteiger partial charge in [0.15, 0.2) is 0 Å². The first-order valence-corrected chi connectivity index (χ1v) is 6.00. The lowest BCUT2D eigenvalue weighted by Crippen LogP contribution is -2.33. The Balaban J connectivity index is 2.43. The van der Waals surface area contributed by atoms with Gasteiger partial charge in [-0.1, -0.05) is 13.8 Å². The van der Waals surface area contributed by atoms with Crippen molar-refractivity contribution in [2.75, 3.05) is 33.4 Å². The van der Waals surface area contributed by atoms with E-state index >= 15 is 0 Å². The Bertz CT molecular complexity index is 328. The molecule has 1 aliphatic rings. The lowest BCUT2D eigenvalue weighted by molar-refractivity contribution is -0.141. The van der Waals surface area contributed by atoms with Crippen molar-refractivity contribution in [1.29, 1.82) is 0 Å². The third-order valence-corrected chi connectivity index (χ3v) is 3.54. The highest BCUT2D eigenvalue weighted by Gasteiger charge is 2.66. The summed E-state index contributed by atoms with van der Waals surface area (Å²) in [7, 11) is 1.64. The van der Waals surface area contributed by atoms with Crippen molar-refractivity contribution >= 4 is 11.9 Å². The Kier molecular flexibility index (Phi) is 4.70. The van der Waals surface area contributed by atoms with Crippen LogP contribution >= 0.6 is 0 Å². The van der Waals surface area contributed by atoms with Gasteiger partial charge in [0.2, 0.25) is 5.91 Å². The van der Waals surface area contributed by atoms with Gasteiger partial charge in [-0.3, -0.25) is 9.59 Å². The Morgan fingerprint density at radius 2 is 1.89 bits per heavy atom. The van der Waals surface area contributed by atoms with Crippen LogP contribution in [0.25, 0.3) is 0 Å². The summed E-state index contributed by atoms with van der Waals surface area (Å²) in [5, 5.41) is 17.5. The highest BCUT2D eigenvalue weighted by molar-refractivity contribution is 5.91. The monoisotopic (exact) mass is 259 g/mol. The van der Waals surface area contributed by atoms with E-state index in [1.54, 1.807) is 20.9 Å². The number of nitrogens with zero attached hydrogens (tertiary/aromatic N) is 1. The third-order valence-electron chi connectivity index (χ3n) is 3.54. The second kappa shape index (κ2) is 5.67. The molecule has 2 atom stereocenters. The maximum atomic E-state index is 12.1. The van der Waals surface area contributed by atoms with E-state index in [9.17, 15) is 9.59 Å². The zero-order chi connectivity index (χ0) is 13.9. The first-order chi connectivity index (χ1) is 8.34. The van der Waals surface area contributed by atoms with E-state index in [0.29, 0.717) is 13.2 Å². The second-order valence-electron chi connectivity index (χ2n) is 5.21. The van der Waals surface area contributed by atoms with Crippen LogP contribution in [0, 0.1) is 17.3 Å². The molecule has 0 aromatic heterocycles. The van der Waals surface area contributed by atoms with Crippen LogP contribution in [0.2, 0.25) is 0 Å². The van der Waals surface area contributed by atoms with Crippen LogP contribution in [0.15, 0.2) is 0 Å². The van der Waals surface area contributed by atoms with Crippen LogP contribution in [-0.2, 0) is 14.3 Å². The summed E-state index contributed by atoms with van der Waals surface area (Å²) < 4.78 is 5.07. The minimum absolute atomic E-state index is 0.0472. The van der Waals surface area contributed by atoms with E-state index in [2.05, 4.69) is 0 Å². The van der Waals surface area contributed by atoms with E-state index in [1.165, 1.54) is 4.90 Å². The number of carbonyl (C=O) groups excluding carboxylic acids is 1. The van der Waals surface area contributed by atoms with Gasteiger partial charge in [0.1, 0.15) is 0 Å². The number of aliphatic carboxylic acids is 1. The molecule has 0 aliphatic heterocycles. The summed E-state index contributed by atoms with van der Waals surface area (Å²) in [6.07, 6.45) is 0. The molecule has 0 aromatic carbocycles. The molecule has 0 spiro atoms. The Hall–Kier alpha value is -1.14. The lowest BCUT2D eigenvalue weighted by Gasteiger charge is -2.17. The van der Waals surface area contributed by atoms with Crippen molar-refractivity contribution < 1.29 is 24.5 Å². The van der Waals surface area contributed by atoms with Crippen molar-refractivity contribution in [2.45, 2.75) is 13.8 Å². The number of aliphatic hydroxyl groups excluding tert-OH is 1. The predicted octanol–water partition coefficient (Wildman–Crippen LogP) is -0.190. The molecule has 104 valence electrons. The molecule has 0 bridgehead atoms. The van der Waals surface area contributed by atoms with Gasteiger partial charge in [-0.15, -0.1) is 0 Å². The lowest BCUT2D eigenvalue weighted by atomic mass is 10.1. The number of ether oxygens (including phenoxy) is 1. The fraction of sp³-hybridized carbons (Fsp3) is 0.833. The average molecular weight is 259 g/mol. The van der Waals surface area contributed by atoms with Gasteiger partial charge in [0, 0.05) is 13.6 Å². The summed E-state index contributed by atoms with van der Waals surface area (Å²) in [6.45, 7) is 4.53. The van der Waals surface area contributed by atoms with Gasteiger partial charge in [-0.05, 0) is 5.41 Å². The number of hydrogen-bond acceptors (Lipinski definition) is 4. The minimum Gasteiger partial charge on any atom is -0.481 e. The number of carboxylic acids is 1. The standard InChI is InChI=1S/C12H21NO5/c1-12(2)8(9(12)11(16)17)10(15)13(3)4-6-18-7-5-14/h8-9,14H,4-7H2,1-3H3,(H,16,17)/t8-,9+/m1/s1. The normalized spacial score (nSPS) is 24.7. The number of likely N-dealkylation sites (N-methyl/N-ethyl adjacent to an activating group) is 1. The summed E-state index contributed by atoms with van der Waals surface area (Å²) in [6, 6.07) is 0. The van der Waals surface area contributed by atoms with E-state index in [-0.39, 0.29) is 19.1 Å². The number of carbonyl (C=O) groups is 2. The molecule has 1 rings (SSSR count). The summed E-state index contributed by atoms with van der Waals surface area (Å²) in [5.74, 6) is -2.10. The van der Waals surface area contributed by atoms with Crippen LogP contribution in [0.1, 0.15) is 13.8 Å². The van der Waals surface area contributed by atoms with Gasteiger partial charge in [0.05, 0.1) is 31.7 Å². The molecule has 0 aromatic rings. The van der Waals surface area contributed by atoms with Crippen LogP contribution < -0.4 is 0 Å². The fourth-order valence-corrected chi connectivity index (χ4v) is 2.28. The fourth-order valence-electron chi connectivity index (χ4n) is 2.28. The molecule has 1 saturated carbocycles. The predicted molar refractivity (Wildman–Crippen MR) is 63.9 cm³/mol. The van der Waals surface area contributed by atoms with Crippen LogP contribution in [0.4, 0.5) is 0 Å². The molecule has 6 heteroatoms. The molecule has 18 heavy (non-hydrogen) atoms. The SMILES string of the molecule is CN(CCOCCO)C(=O)[C@H]1[C@@H](C(=O)O)C1(C)C. The van der Waals surface area contributed by atoms with E-state index in [0.717, 1.165) is 0 Å². The van der Waals surface area contributed by atoms with Crippen molar-refractivity contribution in [3.63, 3.8) is 0 Å². The maximum absolute atomic E-state index is 12.1. The summed E-state index contributed by atoms with van der Waals surface area (Å²) in [5.41, 5.74) is -0.469. The summed E-state index contributed by atoms with van der Waals surface area (Å²) in [4.78, 5) is 24.5. The van der Waals surface area contributed by atoms with E-state index < -0.39 is 23.2 Å². The molecule has 1 amide bonds. The zero-order valence-electron chi connectivity index (χ0n) is 11.0. The molecule has 6 nitrogen and oxygen atoms in total. The van der Waals surface area contributed by atoms with Crippen molar-refractivity contribution in [2.24, 2.45) is 17.3 Å². The molecule has 0 radical (unpaired) electrons. The largest absolute Gasteiger partial charge is 0.481 e. The molecule has 0 unspecified atom stereocenters. The van der Waals surface area contributed by atoms with Gasteiger partial charge in [0.25, 0.3) is 0 Å². The molecular formula is C12H21NO5. The summed E-state index contributed by atoms with van der Waals surface area (Å²) >= 11 is 0. The van der Waals surface area contributed by atoms with Crippen LogP contribution in [0.3, 0.4) is 0 Å². The molecular weight excluding hydrogens is 238 g/mol. The average Bonchev–Trinajstić information content (AvgIpc) is 2.86. The van der Waals surface area contributed by atoms with Gasteiger partial charge < -0.3 is 19.8 Å². The zero-order valence-corrected chi connectivity index (χ0v) is 11.0. The number of aliphatic hydroxyl groups is 1. The maximum Gasteiger partial charge on any atom is 0.307 e. The van der Waals surface area contributed by atoms with E-state index in [1.807, 2.05) is 0 Å². The number of amides is 1. The Morgan fingerprint density at radius 1 is 1.28 bits per heavy atom. The van der Waals surface area contributed by atoms with Crippen LogP contribution in [-0.4, -0.2) is 60.4 Å². The first-order valence-electron chi connectivity index (χ1n) is 6.00. The first kappa shape index (κ1) is 14.9. The molecule has 1 fully saturated rings. The van der Waals surface area contributed by atoms with Crippen LogP contribution in [0.5, 0.6) is 0 Å². The van der Waals surface area contributed by atoms with Crippen molar-refractivity contribution in [1.82, 2.24) is 4.90 Å². The van der Waals surface area contributed by atoms with Gasteiger partial charge in [-0.25, -0.2) is 0 Å². The topological polar surface area (TPSA) is 87.1 Å². The highest BCUT2D eigenvalue weighted by atomic mass is 16.5. The molecule has 0 saturated heterocycles. The smallest absolute Gasteiger partial charge is 0.307 e. The highest BCUT2D eigenvalue weighted by Crippen LogP contribution is 2.58. The number of carboxylic acid groups (broad SMARTS) is 1. The quantitative estimate of drug-likeness (QED) is 0.619. The second-order valence-corrected chi connectivity index (χ2v) is 5.21. The number of hydrogen-bond donors (Lipinski definition) is 2. The van der Waals surface area contributed by atoms with Crippen molar-refractivity contribution in [3.05, 3.63) is 0 Å². The number of rotatable bonds is 7. The molecule has 2 N–H and O–H groups in total. The Morgan fingerprint density at radius 3 is 2.33 bits per heavy atom. The Labute approximate surface area is 107 Å². The minimum atomic E-state index is -0.914. The van der Waals surface area contributed by atoms with Gasteiger partial charge >= 0.3 is 5.97 Å². The van der Waals surface area contributed by atoms with Crippen molar-refractivity contribution in [3.8, 4) is 0 Å². The molecule has 0 heterocycles. The third kappa shape index (κ3) is 3.00. The van der Waals surface area contributed by atoms with E-state index in [4.69, 9.17) is 14.9 Å². The van der Waals surface area contributed by atoms with Gasteiger partial charge in [-0.2, -0.15) is 0 Å². The molecule has 1 aliphatic carbocycles.